The van der Waals surface area contributed by atoms with E-state index in [-0.39, 0.29) is 28.8 Å². The molecule has 0 fully saturated rings. The van der Waals surface area contributed by atoms with E-state index in [1.165, 1.54) is 31.4 Å². The molecule has 0 bridgehead atoms. The number of hydrogen-bond acceptors (Lipinski definition) is 9. The van der Waals surface area contributed by atoms with Gasteiger partial charge in [0.2, 0.25) is 0 Å². The number of nitro benzene ring substituents is 1. The molecule has 2 rings (SSSR count). The van der Waals surface area contributed by atoms with Crippen LogP contribution in [0.15, 0.2) is 40.5 Å². The minimum absolute atomic E-state index is 0.105. The molecular weight excluding hydrogens is 412 g/mol. The number of benzene rings is 1. The van der Waals surface area contributed by atoms with Gasteiger partial charge in [0.15, 0.2) is 5.17 Å². The van der Waals surface area contributed by atoms with Crippen LogP contribution in [0.5, 0.6) is 0 Å². The second-order valence-corrected chi connectivity index (χ2v) is 7.33. The second-order valence-electron chi connectivity index (χ2n) is 6.31. The van der Waals surface area contributed by atoms with Crippen LogP contribution in [0.25, 0.3) is 0 Å². The Labute approximate surface area is 177 Å². The van der Waals surface area contributed by atoms with Crippen LogP contribution >= 0.6 is 11.8 Å². The normalized spacial score (nSPS) is 18.4. The summed E-state index contributed by atoms with van der Waals surface area (Å²) in [5, 5.41) is 18.3. The number of nitro groups is 1. The van der Waals surface area contributed by atoms with Gasteiger partial charge in [0, 0.05) is 29.5 Å². The maximum absolute atomic E-state index is 12.9. The summed E-state index contributed by atoms with van der Waals surface area (Å²) in [6.45, 7) is 3.40. The molecule has 0 aliphatic carbocycles. The number of non-ortho nitro benzene ring substituents is 1. The summed E-state index contributed by atoms with van der Waals surface area (Å²) in [5.74, 6) is -2.87. The molecule has 1 aromatic carbocycles. The van der Waals surface area contributed by atoms with E-state index in [4.69, 9.17) is 20.6 Å². The van der Waals surface area contributed by atoms with Crippen molar-refractivity contribution in [1.29, 1.82) is 5.41 Å². The molecular formula is C19H22N4O6S. The van der Waals surface area contributed by atoms with Crippen molar-refractivity contribution in [2.24, 2.45) is 16.6 Å². The second kappa shape index (κ2) is 10.0. The molecule has 0 radical (unpaired) electrons. The highest BCUT2D eigenvalue weighted by Crippen LogP contribution is 2.41. The Hall–Kier alpha value is -3.21. The van der Waals surface area contributed by atoms with Gasteiger partial charge in [-0.05, 0) is 19.4 Å². The van der Waals surface area contributed by atoms with Gasteiger partial charge in [-0.2, -0.15) is 0 Å². The highest BCUT2D eigenvalue weighted by atomic mass is 32.2. The first-order valence-electron chi connectivity index (χ1n) is 8.95. The van der Waals surface area contributed by atoms with Gasteiger partial charge in [0.1, 0.15) is 5.92 Å². The van der Waals surface area contributed by atoms with E-state index < -0.39 is 28.7 Å². The van der Waals surface area contributed by atoms with Gasteiger partial charge in [-0.25, -0.2) is 4.79 Å². The number of carbonyl (C=O) groups is 2. The molecule has 10 nitrogen and oxygen atoms in total. The smallest absolute Gasteiger partial charge is 0.336 e. The molecule has 11 heteroatoms. The van der Waals surface area contributed by atoms with Crippen molar-refractivity contribution < 1.29 is 24.0 Å². The van der Waals surface area contributed by atoms with Crippen molar-refractivity contribution in [1.82, 2.24) is 0 Å². The number of esters is 2. The third kappa shape index (κ3) is 5.03. The van der Waals surface area contributed by atoms with Crippen molar-refractivity contribution >= 4 is 40.3 Å². The zero-order valence-electron chi connectivity index (χ0n) is 16.7. The van der Waals surface area contributed by atoms with Crippen molar-refractivity contribution in [3.8, 4) is 0 Å². The highest BCUT2D eigenvalue weighted by molar-refractivity contribution is 8.13. The molecule has 0 amide bonds. The molecule has 0 saturated heterocycles. The summed E-state index contributed by atoms with van der Waals surface area (Å²) in [7, 11) is 1.23. The molecule has 0 saturated carbocycles. The Balaban J connectivity index is 2.69. The third-order valence-electron chi connectivity index (χ3n) is 4.49. The molecule has 30 heavy (non-hydrogen) atoms. The Morgan fingerprint density at radius 2 is 1.97 bits per heavy atom. The van der Waals surface area contributed by atoms with E-state index in [9.17, 15) is 19.7 Å². The summed E-state index contributed by atoms with van der Waals surface area (Å²) in [6, 6.07) is 5.59. The lowest BCUT2D eigenvalue weighted by molar-refractivity contribution is -0.384. The fourth-order valence-corrected chi connectivity index (χ4v) is 3.75. The topological polar surface area (TPSA) is 158 Å². The zero-order valence-corrected chi connectivity index (χ0v) is 17.5. The van der Waals surface area contributed by atoms with E-state index in [1.54, 1.807) is 13.8 Å². The largest absolute Gasteiger partial charge is 0.468 e. The molecule has 160 valence electrons. The van der Waals surface area contributed by atoms with Gasteiger partial charge >= 0.3 is 11.9 Å². The predicted octanol–water partition coefficient (Wildman–Crippen LogP) is 2.39. The number of hydrogen-bond donors (Lipinski definition) is 2. The number of carbonyl (C=O) groups excluding carboxylic acids is 2. The van der Waals surface area contributed by atoms with Gasteiger partial charge in [0.05, 0.1) is 29.9 Å². The van der Waals surface area contributed by atoms with E-state index in [0.29, 0.717) is 17.0 Å². The van der Waals surface area contributed by atoms with Crippen LogP contribution < -0.4 is 5.73 Å². The monoisotopic (exact) mass is 434 g/mol. The van der Waals surface area contributed by atoms with Gasteiger partial charge < -0.3 is 15.2 Å². The SMILES string of the molecule is CCOC(=O)C1=C(CSC(=N)N)N=C(C)C(C(=O)OC)C1c1ccc([N+](=O)[O-])cc1. The van der Waals surface area contributed by atoms with Crippen LogP contribution in [0.1, 0.15) is 25.3 Å². The number of aliphatic imine (C=N–C) groups is 1. The zero-order chi connectivity index (χ0) is 22.4. The van der Waals surface area contributed by atoms with Crippen LogP contribution in [-0.2, 0) is 19.1 Å². The molecule has 1 aliphatic rings. The van der Waals surface area contributed by atoms with E-state index in [2.05, 4.69) is 4.99 Å². The molecule has 0 aromatic heterocycles. The standard InChI is InChI=1S/C19H22N4O6S/c1-4-29-18(25)16-13(9-30-19(20)21)22-10(2)14(17(24)28-3)15(16)11-5-7-12(8-6-11)23(26)27/h5-8,14-15H,4,9H2,1-3H3,(H3,20,21). The molecule has 1 heterocycles. The van der Waals surface area contributed by atoms with Crippen molar-refractivity contribution in [2.45, 2.75) is 19.8 Å². The molecule has 3 N–H and O–H groups in total. The minimum Gasteiger partial charge on any atom is -0.468 e. The number of thioether (sulfide) groups is 1. The molecule has 2 atom stereocenters. The number of ether oxygens (including phenoxy) is 2. The number of methoxy groups -OCH3 is 1. The van der Waals surface area contributed by atoms with Crippen LogP contribution in [0.3, 0.4) is 0 Å². The lowest BCUT2D eigenvalue weighted by Crippen LogP contribution is -2.36. The summed E-state index contributed by atoms with van der Waals surface area (Å²) < 4.78 is 10.1. The maximum atomic E-state index is 12.9. The number of nitrogens with zero attached hydrogens (tertiary/aromatic N) is 2. The van der Waals surface area contributed by atoms with Gasteiger partial charge in [-0.1, -0.05) is 23.9 Å². The van der Waals surface area contributed by atoms with Gasteiger partial charge in [-0.3, -0.25) is 25.3 Å². The average molecular weight is 434 g/mol. The van der Waals surface area contributed by atoms with Crippen LogP contribution in [-0.4, -0.2) is 47.2 Å². The number of nitrogens with one attached hydrogen (secondary N) is 1. The summed E-state index contributed by atoms with van der Waals surface area (Å²) in [5.41, 5.74) is 6.69. The minimum atomic E-state index is -0.915. The first kappa shape index (κ1) is 23.1. The predicted molar refractivity (Wildman–Crippen MR) is 112 cm³/mol. The fraction of sp³-hybridized carbons (Fsp3) is 0.368. The van der Waals surface area contributed by atoms with E-state index in [0.717, 1.165) is 11.8 Å². The lowest BCUT2D eigenvalue weighted by atomic mass is 9.75. The van der Waals surface area contributed by atoms with Gasteiger partial charge in [-0.15, -0.1) is 0 Å². The van der Waals surface area contributed by atoms with E-state index in [1.807, 2.05) is 0 Å². The molecule has 1 aromatic rings. The van der Waals surface area contributed by atoms with Crippen molar-refractivity contribution in [3.63, 3.8) is 0 Å². The molecule has 2 unspecified atom stereocenters. The molecule has 1 aliphatic heterocycles. The first-order valence-corrected chi connectivity index (χ1v) is 9.94. The highest BCUT2D eigenvalue weighted by Gasteiger charge is 2.43. The Morgan fingerprint density at radius 1 is 1.33 bits per heavy atom. The fourth-order valence-electron chi connectivity index (χ4n) is 3.24. The van der Waals surface area contributed by atoms with E-state index >= 15 is 0 Å². The Bertz CT molecular complexity index is 925. The maximum Gasteiger partial charge on any atom is 0.336 e. The number of rotatable bonds is 7. The number of nitrogens with two attached hydrogens (primary N) is 1. The van der Waals surface area contributed by atoms with Gasteiger partial charge in [0.25, 0.3) is 5.69 Å². The Morgan fingerprint density at radius 3 is 2.47 bits per heavy atom. The van der Waals surface area contributed by atoms with Crippen LogP contribution in [0.4, 0.5) is 5.69 Å². The third-order valence-corrected chi connectivity index (χ3v) is 5.22. The van der Waals surface area contributed by atoms with Crippen molar-refractivity contribution in [3.05, 3.63) is 51.2 Å². The molecule has 0 spiro atoms. The van der Waals surface area contributed by atoms with Crippen LogP contribution in [0.2, 0.25) is 0 Å². The number of amidine groups is 1. The average Bonchev–Trinajstić information content (AvgIpc) is 2.71. The quantitative estimate of drug-likeness (QED) is 0.218. The van der Waals surface area contributed by atoms with Crippen LogP contribution in [0, 0.1) is 21.4 Å². The lowest BCUT2D eigenvalue weighted by Gasteiger charge is -2.31. The summed E-state index contributed by atoms with van der Waals surface area (Å²) in [4.78, 5) is 40.4. The first-order chi connectivity index (χ1) is 14.2. The summed E-state index contributed by atoms with van der Waals surface area (Å²) in [6.07, 6.45) is 0. The Kier molecular flexibility index (Phi) is 7.70. The summed E-state index contributed by atoms with van der Waals surface area (Å²) >= 11 is 0.981. The van der Waals surface area contributed by atoms with Crippen molar-refractivity contribution in [2.75, 3.05) is 19.5 Å².